The second-order valence-electron chi connectivity index (χ2n) is 7.26. The Morgan fingerprint density at radius 2 is 1.97 bits per heavy atom. The molecule has 1 fully saturated rings. The Bertz CT molecular complexity index is 889. The van der Waals surface area contributed by atoms with Crippen LogP contribution in [0.1, 0.15) is 12.0 Å². The van der Waals surface area contributed by atoms with Gasteiger partial charge < -0.3 is 25.0 Å². The molecule has 0 aromatic heterocycles. The zero-order valence-electron chi connectivity index (χ0n) is 17.6. The van der Waals surface area contributed by atoms with Gasteiger partial charge in [-0.15, -0.1) is 13.2 Å². The predicted molar refractivity (Wildman–Crippen MR) is 115 cm³/mol. The summed E-state index contributed by atoms with van der Waals surface area (Å²) < 4.78 is 47.2. The van der Waals surface area contributed by atoms with Crippen molar-refractivity contribution in [3.05, 3.63) is 54.1 Å². The van der Waals surface area contributed by atoms with Gasteiger partial charge >= 0.3 is 6.36 Å². The molecule has 0 bridgehead atoms. The van der Waals surface area contributed by atoms with Crippen molar-refractivity contribution in [2.24, 2.45) is 10.9 Å². The minimum atomic E-state index is -4.73. The molecule has 1 saturated heterocycles. The van der Waals surface area contributed by atoms with E-state index in [1.807, 2.05) is 18.2 Å². The molecule has 2 aromatic rings. The lowest BCUT2D eigenvalue weighted by Gasteiger charge is -2.20. The molecule has 0 saturated carbocycles. The van der Waals surface area contributed by atoms with Gasteiger partial charge in [0.25, 0.3) is 0 Å². The Hall–Kier alpha value is -3.10. The first-order valence-electron chi connectivity index (χ1n) is 10.0. The van der Waals surface area contributed by atoms with Crippen molar-refractivity contribution >= 4 is 11.6 Å². The number of para-hydroxylation sites is 1. The summed E-state index contributed by atoms with van der Waals surface area (Å²) in [5.41, 5.74) is 1.53. The van der Waals surface area contributed by atoms with E-state index in [9.17, 15) is 13.2 Å². The minimum Gasteiger partial charge on any atom is -0.497 e. The van der Waals surface area contributed by atoms with E-state index in [2.05, 4.69) is 31.3 Å². The molecule has 2 N–H and O–H groups in total. The van der Waals surface area contributed by atoms with Gasteiger partial charge in [-0.3, -0.25) is 4.99 Å². The van der Waals surface area contributed by atoms with Gasteiger partial charge in [-0.2, -0.15) is 0 Å². The second kappa shape index (κ2) is 10.3. The van der Waals surface area contributed by atoms with Crippen LogP contribution in [0.3, 0.4) is 0 Å². The molecule has 0 amide bonds. The number of rotatable bonds is 7. The molecule has 1 heterocycles. The lowest BCUT2D eigenvalue weighted by Crippen LogP contribution is -2.40. The van der Waals surface area contributed by atoms with Crippen LogP contribution >= 0.6 is 0 Å². The van der Waals surface area contributed by atoms with Crippen molar-refractivity contribution in [2.75, 3.05) is 38.7 Å². The average molecular weight is 436 g/mol. The SMILES string of the molecule is CN=C(NCc1ccccc1OC(F)(F)F)NCC1CCN(c2cccc(OC)c2)C1. The van der Waals surface area contributed by atoms with E-state index < -0.39 is 6.36 Å². The van der Waals surface area contributed by atoms with Gasteiger partial charge in [-0.05, 0) is 30.5 Å². The fraction of sp³-hybridized carbons (Fsp3) is 0.409. The Kier molecular flexibility index (Phi) is 7.49. The van der Waals surface area contributed by atoms with Gasteiger partial charge in [0.15, 0.2) is 5.96 Å². The summed E-state index contributed by atoms with van der Waals surface area (Å²) in [5, 5.41) is 6.32. The predicted octanol–water partition coefficient (Wildman–Crippen LogP) is 3.79. The molecule has 0 spiro atoms. The van der Waals surface area contributed by atoms with Gasteiger partial charge in [0.1, 0.15) is 11.5 Å². The van der Waals surface area contributed by atoms with Crippen LogP contribution in [0.25, 0.3) is 0 Å². The molecule has 1 unspecified atom stereocenters. The summed E-state index contributed by atoms with van der Waals surface area (Å²) in [6, 6.07) is 14.1. The zero-order chi connectivity index (χ0) is 22.3. The maximum Gasteiger partial charge on any atom is 0.573 e. The van der Waals surface area contributed by atoms with Crippen LogP contribution < -0.4 is 25.0 Å². The Morgan fingerprint density at radius 1 is 1.16 bits per heavy atom. The molecule has 168 valence electrons. The molecule has 1 aliphatic rings. The van der Waals surface area contributed by atoms with E-state index >= 15 is 0 Å². The van der Waals surface area contributed by atoms with E-state index in [0.29, 0.717) is 24.0 Å². The molecule has 1 aliphatic heterocycles. The Morgan fingerprint density at radius 3 is 2.71 bits per heavy atom. The number of methoxy groups -OCH3 is 1. The number of nitrogens with one attached hydrogen (secondary N) is 2. The van der Waals surface area contributed by atoms with Gasteiger partial charge in [0.05, 0.1) is 7.11 Å². The number of nitrogens with zero attached hydrogens (tertiary/aromatic N) is 2. The molecule has 3 rings (SSSR count). The highest BCUT2D eigenvalue weighted by Gasteiger charge is 2.32. The van der Waals surface area contributed by atoms with Gasteiger partial charge in [0, 0.05) is 50.5 Å². The van der Waals surface area contributed by atoms with Crippen LogP contribution in [-0.2, 0) is 6.54 Å². The molecular weight excluding hydrogens is 409 g/mol. The fourth-order valence-electron chi connectivity index (χ4n) is 3.56. The smallest absolute Gasteiger partial charge is 0.497 e. The first-order valence-corrected chi connectivity index (χ1v) is 10.0. The number of hydrogen-bond donors (Lipinski definition) is 2. The first kappa shape index (κ1) is 22.6. The highest BCUT2D eigenvalue weighted by molar-refractivity contribution is 5.79. The van der Waals surface area contributed by atoms with E-state index in [1.165, 1.54) is 12.1 Å². The standard InChI is InChI=1S/C22H27F3N4O2/c1-26-21(28-14-17-6-3-4-9-20(17)31-22(23,24)25)27-13-16-10-11-29(15-16)18-7-5-8-19(12-18)30-2/h3-9,12,16H,10-11,13-15H2,1-2H3,(H2,26,27,28). The lowest BCUT2D eigenvalue weighted by atomic mass is 10.1. The zero-order valence-corrected chi connectivity index (χ0v) is 17.6. The number of guanidine groups is 1. The highest BCUT2D eigenvalue weighted by Crippen LogP contribution is 2.27. The Balaban J connectivity index is 1.49. The summed E-state index contributed by atoms with van der Waals surface area (Å²) in [5.74, 6) is 1.56. The summed E-state index contributed by atoms with van der Waals surface area (Å²) >= 11 is 0. The van der Waals surface area contributed by atoms with Crippen LogP contribution in [0.4, 0.5) is 18.9 Å². The van der Waals surface area contributed by atoms with Crippen LogP contribution in [-0.4, -0.2) is 46.1 Å². The molecule has 6 nitrogen and oxygen atoms in total. The molecular formula is C22H27F3N4O2. The largest absolute Gasteiger partial charge is 0.573 e. The van der Waals surface area contributed by atoms with Crippen molar-refractivity contribution in [3.8, 4) is 11.5 Å². The van der Waals surface area contributed by atoms with Crippen molar-refractivity contribution in [1.82, 2.24) is 10.6 Å². The van der Waals surface area contributed by atoms with E-state index in [-0.39, 0.29) is 12.3 Å². The van der Waals surface area contributed by atoms with Crippen molar-refractivity contribution in [3.63, 3.8) is 0 Å². The summed E-state index contributed by atoms with van der Waals surface area (Å²) in [4.78, 5) is 6.48. The fourth-order valence-corrected chi connectivity index (χ4v) is 3.56. The monoisotopic (exact) mass is 436 g/mol. The quantitative estimate of drug-likeness (QED) is 0.511. The molecule has 1 atom stereocenters. The van der Waals surface area contributed by atoms with Crippen LogP contribution in [0.5, 0.6) is 11.5 Å². The Labute approximate surface area is 180 Å². The molecule has 9 heteroatoms. The third kappa shape index (κ3) is 6.70. The van der Waals surface area contributed by atoms with E-state index in [4.69, 9.17) is 4.74 Å². The van der Waals surface area contributed by atoms with Crippen molar-refractivity contribution in [2.45, 2.75) is 19.3 Å². The number of anilines is 1. The van der Waals surface area contributed by atoms with Gasteiger partial charge in [-0.25, -0.2) is 0 Å². The third-order valence-electron chi connectivity index (χ3n) is 5.13. The van der Waals surface area contributed by atoms with Gasteiger partial charge in [-0.1, -0.05) is 24.3 Å². The molecule has 31 heavy (non-hydrogen) atoms. The number of aliphatic imine (C=N–C) groups is 1. The van der Waals surface area contributed by atoms with Crippen molar-refractivity contribution < 1.29 is 22.6 Å². The maximum atomic E-state index is 12.6. The topological polar surface area (TPSA) is 58.1 Å². The van der Waals surface area contributed by atoms with Crippen molar-refractivity contribution in [1.29, 1.82) is 0 Å². The van der Waals surface area contributed by atoms with Crippen LogP contribution in [0.15, 0.2) is 53.5 Å². The normalized spacial score (nSPS) is 16.9. The van der Waals surface area contributed by atoms with E-state index in [0.717, 1.165) is 30.9 Å². The summed E-state index contributed by atoms with van der Waals surface area (Å²) in [6.07, 6.45) is -3.70. The molecule has 0 radical (unpaired) electrons. The average Bonchev–Trinajstić information content (AvgIpc) is 3.23. The third-order valence-corrected chi connectivity index (χ3v) is 5.13. The second-order valence-corrected chi connectivity index (χ2v) is 7.26. The summed E-state index contributed by atoms with van der Waals surface area (Å²) in [6.45, 7) is 2.72. The highest BCUT2D eigenvalue weighted by atomic mass is 19.4. The van der Waals surface area contributed by atoms with Gasteiger partial charge in [0.2, 0.25) is 0 Å². The molecule has 2 aromatic carbocycles. The lowest BCUT2D eigenvalue weighted by molar-refractivity contribution is -0.274. The number of ether oxygens (including phenoxy) is 2. The molecule has 0 aliphatic carbocycles. The minimum absolute atomic E-state index is 0.159. The number of hydrogen-bond acceptors (Lipinski definition) is 4. The van der Waals surface area contributed by atoms with Crippen LogP contribution in [0, 0.1) is 5.92 Å². The first-order chi connectivity index (χ1) is 14.9. The number of benzene rings is 2. The number of halogens is 3. The van der Waals surface area contributed by atoms with E-state index in [1.54, 1.807) is 26.3 Å². The maximum absolute atomic E-state index is 12.6. The van der Waals surface area contributed by atoms with Crippen LogP contribution in [0.2, 0.25) is 0 Å². The summed E-state index contributed by atoms with van der Waals surface area (Å²) in [7, 11) is 3.28. The number of alkyl halides is 3.